The molecule has 5 rings (SSSR count). The number of nitrogens with one attached hydrogen (secondary N) is 1. The standard InChI is InChI=1S/C19H25Cl2NO/c1-2-23-18-16(20)6-15(7-17(18)21)11-22-19-8-12-3-13(9-19)5-14(4-12)10-19/h6-7,12-14,22H,2-5,8-11H2,1H3. The Hall–Kier alpha value is -0.440. The van der Waals surface area contributed by atoms with Crippen LogP contribution in [0.1, 0.15) is 51.0 Å². The lowest BCUT2D eigenvalue weighted by Crippen LogP contribution is -2.58. The van der Waals surface area contributed by atoms with Gasteiger partial charge in [0.25, 0.3) is 0 Å². The Labute approximate surface area is 148 Å². The summed E-state index contributed by atoms with van der Waals surface area (Å²) >= 11 is 12.7. The second kappa shape index (κ2) is 6.13. The molecule has 0 spiro atoms. The minimum Gasteiger partial charge on any atom is -0.491 e. The van der Waals surface area contributed by atoms with Crippen molar-refractivity contribution in [2.75, 3.05) is 6.61 Å². The van der Waals surface area contributed by atoms with Crippen LogP contribution >= 0.6 is 23.2 Å². The summed E-state index contributed by atoms with van der Waals surface area (Å²) < 4.78 is 5.52. The van der Waals surface area contributed by atoms with Crippen molar-refractivity contribution in [3.05, 3.63) is 27.7 Å². The fraction of sp³-hybridized carbons (Fsp3) is 0.684. The summed E-state index contributed by atoms with van der Waals surface area (Å²) in [7, 11) is 0. The first-order valence-electron chi connectivity index (χ1n) is 8.92. The second-order valence-corrected chi connectivity index (χ2v) is 8.69. The summed E-state index contributed by atoms with van der Waals surface area (Å²) in [5.41, 5.74) is 1.52. The van der Waals surface area contributed by atoms with E-state index in [0.29, 0.717) is 27.9 Å². The van der Waals surface area contributed by atoms with Gasteiger partial charge in [0.05, 0.1) is 16.7 Å². The minimum atomic E-state index is 0.367. The van der Waals surface area contributed by atoms with E-state index in [2.05, 4.69) is 5.32 Å². The Morgan fingerprint density at radius 3 is 2.04 bits per heavy atom. The minimum absolute atomic E-state index is 0.367. The van der Waals surface area contributed by atoms with E-state index in [0.717, 1.165) is 29.9 Å². The van der Waals surface area contributed by atoms with Crippen LogP contribution in [0.5, 0.6) is 5.75 Å². The molecule has 0 atom stereocenters. The number of benzene rings is 1. The molecule has 0 radical (unpaired) electrons. The van der Waals surface area contributed by atoms with Crippen LogP contribution in [0.3, 0.4) is 0 Å². The molecule has 1 aromatic rings. The molecule has 0 heterocycles. The van der Waals surface area contributed by atoms with Crippen LogP contribution in [0.15, 0.2) is 12.1 Å². The van der Waals surface area contributed by atoms with Gasteiger partial charge >= 0.3 is 0 Å². The molecule has 4 heteroatoms. The van der Waals surface area contributed by atoms with Crippen LogP contribution < -0.4 is 10.1 Å². The smallest absolute Gasteiger partial charge is 0.156 e. The maximum Gasteiger partial charge on any atom is 0.156 e. The zero-order valence-electron chi connectivity index (χ0n) is 13.7. The Morgan fingerprint density at radius 2 is 1.57 bits per heavy atom. The van der Waals surface area contributed by atoms with Gasteiger partial charge in [0.15, 0.2) is 5.75 Å². The quantitative estimate of drug-likeness (QED) is 0.759. The van der Waals surface area contributed by atoms with E-state index >= 15 is 0 Å². The Balaban J connectivity index is 1.47. The van der Waals surface area contributed by atoms with Gasteiger partial charge in [-0.2, -0.15) is 0 Å². The zero-order chi connectivity index (χ0) is 16.0. The van der Waals surface area contributed by atoms with Gasteiger partial charge in [0, 0.05) is 12.1 Å². The first-order valence-corrected chi connectivity index (χ1v) is 9.68. The number of halogens is 2. The van der Waals surface area contributed by atoms with E-state index in [1.165, 1.54) is 38.5 Å². The summed E-state index contributed by atoms with van der Waals surface area (Å²) in [5, 5.41) is 5.12. The highest BCUT2D eigenvalue weighted by atomic mass is 35.5. The lowest BCUT2D eigenvalue weighted by Gasteiger charge is -2.57. The van der Waals surface area contributed by atoms with Gasteiger partial charge in [-0.25, -0.2) is 0 Å². The summed E-state index contributed by atoms with van der Waals surface area (Å²) in [6.45, 7) is 3.36. The van der Waals surface area contributed by atoms with Crippen molar-refractivity contribution in [3.63, 3.8) is 0 Å². The third kappa shape index (κ3) is 3.10. The van der Waals surface area contributed by atoms with Crippen LogP contribution in [0.2, 0.25) is 10.0 Å². The predicted molar refractivity (Wildman–Crippen MR) is 95.4 cm³/mol. The summed E-state index contributed by atoms with van der Waals surface area (Å²) in [6, 6.07) is 3.98. The van der Waals surface area contributed by atoms with Crippen molar-refractivity contribution in [1.29, 1.82) is 0 Å². The highest BCUT2D eigenvalue weighted by Gasteiger charge is 2.50. The SMILES string of the molecule is CCOc1c(Cl)cc(CNC23CC4CC(CC(C4)C2)C3)cc1Cl. The fourth-order valence-corrected chi connectivity index (χ4v) is 6.25. The van der Waals surface area contributed by atoms with Crippen molar-refractivity contribution in [1.82, 2.24) is 5.32 Å². The van der Waals surface area contributed by atoms with E-state index in [1.807, 2.05) is 19.1 Å². The third-order valence-corrected chi connectivity index (χ3v) is 6.61. The molecule has 1 N–H and O–H groups in total. The van der Waals surface area contributed by atoms with Crippen LogP contribution in [-0.2, 0) is 6.54 Å². The Morgan fingerprint density at radius 1 is 1.04 bits per heavy atom. The van der Waals surface area contributed by atoms with Crippen molar-refractivity contribution in [2.45, 2.75) is 57.5 Å². The predicted octanol–water partition coefficient (Wildman–Crippen LogP) is 5.45. The highest BCUT2D eigenvalue weighted by molar-refractivity contribution is 6.37. The highest BCUT2D eigenvalue weighted by Crippen LogP contribution is 2.55. The van der Waals surface area contributed by atoms with Gasteiger partial charge in [-0.1, -0.05) is 23.2 Å². The Bertz CT molecular complexity index is 543. The van der Waals surface area contributed by atoms with Crippen LogP contribution in [0.25, 0.3) is 0 Å². The van der Waals surface area contributed by atoms with Gasteiger partial charge in [-0.3, -0.25) is 0 Å². The van der Waals surface area contributed by atoms with Crippen LogP contribution in [0, 0.1) is 17.8 Å². The van der Waals surface area contributed by atoms with E-state index < -0.39 is 0 Å². The third-order valence-electron chi connectivity index (χ3n) is 6.05. The summed E-state index contributed by atoms with van der Waals surface area (Å²) in [6.07, 6.45) is 8.50. The first-order chi connectivity index (χ1) is 11.1. The fourth-order valence-electron chi connectivity index (χ4n) is 5.61. The number of ether oxygens (including phenoxy) is 1. The normalized spacial score (nSPS) is 34.8. The van der Waals surface area contributed by atoms with Crippen molar-refractivity contribution in [3.8, 4) is 5.75 Å². The summed E-state index contributed by atoms with van der Waals surface area (Å²) in [5.74, 6) is 3.48. The van der Waals surface area contributed by atoms with Crippen molar-refractivity contribution < 1.29 is 4.74 Å². The molecular formula is C19H25Cl2NO. The molecule has 0 unspecified atom stereocenters. The maximum atomic E-state index is 6.33. The second-order valence-electron chi connectivity index (χ2n) is 7.87. The van der Waals surface area contributed by atoms with Gasteiger partial charge in [0.1, 0.15) is 0 Å². The molecule has 4 aliphatic rings. The van der Waals surface area contributed by atoms with Gasteiger partial charge in [-0.15, -0.1) is 0 Å². The van der Waals surface area contributed by atoms with Crippen molar-refractivity contribution in [2.24, 2.45) is 17.8 Å². The summed E-state index contributed by atoms with van der Waals surface area (Å²) in [4.78, 5) is 0. The van der Waals surface area contributed by atoms with E-state index in [9.17, 15) is 0 Å². The number of hydrogen-bond donors (Lipinski definition) is 1. The van der Waals surface area contributed by atoms with E-state index in [4.69, 9.17) is 27.9 Å². The average molecular weight is 354 g/mol. The van der Waals surface area contributed by atoms with E-state index in [1.54, 1.807) is 0 Å². The Kier molecular flexibility index (Phi) is 4.28. The molecule has 4 aliphatic carbocycles. The first kappa shape index (κ1) is 16.1. The molecule has 0 aliphatic heterocycles. The van der Waals surface area contributed by atoms with Crippen molar-refractivity contribution >= 4 is 23.2 Å². The van der Waals surface area contributed by atoms with Gasteiger partial charge < -0.3 is 10.1 Å². The van der Waals surface area contributed by atoms with E-state index in [-0.39, 0.29) is 0 Å². The zero-order valence-corrected chi connectivity index (χ0v) is 15.2. The van der Waals surface area contributed by atoms with Crippen LogP contribution in [-0.4, -0.2) is 12.1 Å². The molecule has 1 aromatic carbocycles. The molecule has 4 fully saturated rings. The topological polar surface area (TPSA) is 21.3 Å². The van der Waals surface area contributed by atoms with Crippen LogP contribution in [0.4, 0.5) is 0 Å². The lowest BCUT2D eigenvalue weighted by atomic mass is 9.53. The van der Waals surface area contributed by atoms with Gasteiger partial charge in [0.2, 0.25) is 0 Å². The monoisotopic (exact) mass is 353 g/mol. The number of hydrogen-bond acceptors (Lipinski definition) is 2. The molecule has 2 nitrogen and oxygen atoms in total. The molecule has 0 amide bonds. The largest absolute Gasteiger partial charge is 0.491 e. The van der Waals surface area contributed by atoms with Gasteiger partial charge in [-0.05, 0) is 80.9 Å². The lowest BCUT2D eigenvalue weighted by molar-refractivity contribution is -0.0206. The maximum absolute atomic E-state index is 6.33. The molecular weight excluding hydrogens is 329 g/mol. The average Bonchev–Trinajstić information content (AvgIpc) is 2.48. The molecule has 0 saturated heterocycles. The molecule has 4 saturated carbocycles. The molecule has 0 aromatic heterocycles. The molecule has 23 heavy (non-hydrogen) atoms. The molecule has 126 valence electrons. The number of rotatable bonds is 5. The molecule has 4 bridgehead atoms.